The molecule has 0 aliphatic heterocycles. The van der Waals surface area contributed by atoms with Gasteiger partial charge in [-0.05, 0) is 61.6 Å². The lowest BCUT2D eigenvalue weighted by Crippen LogP contribution is -2.32. The maximum absolute atomic E-state index is 13.9. The van der Waals surface area contributed by atoms with E-state index in [0.717, 1.165) is 31.2 Å². The smallest absolute Gasteiger partial charge is 0.165 e. The summed E-state index contributed by atoms with van der Waals surface area (Å²) < 4.78 is 35.0. The summed E-state index contributed by atoms with van der Waals surface area (Å²) in [6.07, 6.45) is 6.64. The highest BCUT2D eigenvalue weighted by atomic mass is 32.2. The second-order valence-corrected chi connectivity index (χ2v) is 8.12. The van der Waals surface area contributed by atoms with Crippen LogP contribution in [0.3, 0.4) is 0 Å². The Bertz CT molecular complexity index is 520. The Morgan fingerprint density at radius 2 is 2.13 bits per heavy atom. The van der Waals surface area contributed by atoms with E-state index in [4.69, 9.17) is 4.74 Å². The van der Waals surface area contributed by atoms with Gasteiger partial charge in [0, 0.05) is 11.4 Å². The van der Waals surface area contributed by atoms with Gasteiger partial charge in [0.1, 0.15) is 5.75 Å². The molecular formula is C18H26FNO2S. The molecular weight excluding hydrogens is 313 g/mol. The minimum absolute atomic E-state index is 0.0385. The van der Waals surface area contributed by atoms with Crippen LogP contribution in [0.15, 0.2) is 18.2 Å². The third-order valence-corrected chi connectivity index (χ3v) is 5.70. The molecule has 0 amide bonds. The largest absolute Gasteiger partial charge is 0.598 e. The molecule has 128 valence electrons. The molecule has 0 bridgehead atoms. The van der Waals surface area contributed by atoms with E-state index in [-0.39, 0.29) is 11.9 Å². The van der Waals surface area contributed by atoms with Crippen molar-refractivity contribution in [3.05, 3.63) is 29.6 Å². The molecule has 2 fully saturated rings. The molecule has 5 heteroatoms. The first kappa shape index (κ1) is 17.1. The summed E-state index contributed by atoms with van der Waals surface area (Å²) in [5.74, 6) is 1.79. The topological polar surface area (TPSA) is 44.3 Å². The second kappa shape index (κ2) is 7.86. The van der Waals surface area contributed by atoms with E-state index in [1.165, 1.54) is 18.9 Å². The average Bonchev–Trinajstić information content (AvgIpc) is 3.43. The third-order valence-electron chi connectivity index (χ3n) is 4.52. The summed E-state index contributed by atoms with van der Waals surface area (Å²) in [7, 11) is 0. The van der Waals surface area contributed by atoms with Crippen LogP contribution in [0.2, 0.25) is 0 Å². The van der Waals surface area contributed by atoms with Crippen molar-refractivity contribution in [3.8, 4) is 5.75 Å². The molecule has 0 spiro atoms. The maximum Gasteiger partial charge on any atom is 0.165 e. The van der Waals surface area contributed by atoms with Gasteiger partial charge in [0.15, 0.2) is 11.6 Å². The molecule has 1 aromatic carbocycles. The Kier molecular flexibility index (Phi) is 5.83. The Labute approximate surface area is 141 Å². The number of halogens is 1. The lowest BCUT2D eigenvalue weighted by atomic mass is 10.0. The molecule has 0 radical (unpaired) electrons. The van der Waals surface area contributed by atoms with Gasteiger partial charge in [-0.15, -0.1) is 4.72 Å². The fourth-order valence-electron chi connectivity index (χ4n) is 2.66. The predicted molar refractivity (Wildman–Crippen MR) is 91.1 cm³/mol. The molecule has 1 N–H and O–H groups in total. The van der Waals surface area contributed by atoms with E-state index in [1.54, 1.807) is 12.1 Å². The lowest BCUT2D eigenvalue weighted by Gasteiger charge is -2.21. The van der Waals surface area contributed by atoms with E-state index in [9.17, 15) is 8.94 Å². The van der Waals surface area contributed by atoms with E-state index < -0.39 is 11.4 Å². The molecule has 2 saturated carbocycles. The highest BCUT2D eigenvalue weighted by Gasteiger charge is 2.35. The number of hydrogen-bond acceptors (Lipinski definition) is 3. The van der Waals surface area contributed by atoms with Gasteiger partial charge in [-0.1, -0.05) is 19.4 Å². The predicted octanol–water partition coefficient (Wildman–Crippen LogP) is 4.12. The first-order chi connectivity index (χ1) is 11.2. The molecule has 0 heterocycles. The minimum atomic E-state index is -1.03. The summed E-state index contributed by atoms with van der Waals surface area (Å²) in [6.45, 7) is 2.70. The van der Waals surface area contributed by atoms with Gasteiger partial charge in [-0.25, -0.2) is 4.39 Å². The maximum atomic E-state index is 13.9. The van der Waals surface area contributed by atoms with Crippen molar-refractivity contribution in [2.24, 2.45) is 11.8 Å². The van der Waals surface area contributed by atoms with Crippen molar-refractivity contribution in [2.45, 2.75) is 51.5 Å². The average molecular weight is 339 g/mol. The van der Waals surface area contributed by atoms with Crippen molar-refractivity contribution in [1.82, 2.24) is 4.72 Å². The molecule has 0 aromatic heterocycles. The number of hydrogen-bond donors (Lipinski definition) is 1. The monoisotopic (exact) mass is 339 g/mol. The molecule has 1 aromatic rings. The summed E-state index contributed by atoms with van der Waals surface area (Å²) >= 11 is -1.03. The van der Waals surface area contributed by atoms with Gasteiger partial charge in [0.05, 0.1) is 12.6 Å². The van der Waals surface area contributed by atoms with Crippen LogP contribution in [0.5, 0.6) is 5.75 Å². The first-order valence-electron chi connectivity index (χ1n) is 8.74. The van der Waals surface area contributed by atoms with Gasteiger partial charge in [-0.2, -0.15) is 0 Å². The van der Waals surface area contributed by atoms with Crippen molar-refractivity contribution >= 4 is 11.4 Å². The van der Waals surface area contributed by atoms with Crippen molar-refractivity contribution < 1.29 is 13.7 Å². The highest BCUT2D eigenvalue weighted by molar-refractivity contribution is 7.89. The van der Waals surface area contributed by atoms with Crippen LogP contribution in [0.25, 0.3) is 0 Å². The van der Waals surface area contributed by atoms with Crippen molar-refractivity contribution in [2.75, 3.05) is 12.4 Å². The van der Waals surface area contributed by atoms with Gasteiger partial charge < -0.3 is 9.29 Å². The van der Waals surface area contributed by atoms with Gasteiger partial charge in [0.25, 0.3) is 0 Å². The normalized spacial score (nSPS) is 20.3. The summed E-state index contributed by atoms with van der Waals surface area (Å²) in [5.41, 5.74) is 0.990. The van der Waals surface area contributed by atoms with E-state index >= 15 is 0 Å². The zero-order chi connectivity index (χ0) is 16.2. The van der Waals surface area contributed by atoms with Crippen molar-refractivity contribution in [3.63, 3.8) is 0 Å². The zero-order valence-corrected chi connectivity index (χ0v) is 14.5. The van der Waals surface area contributed by atoms with Crippen LogP contribution in [0.4, 0.5) is 4.39 Å². The summed E-state index contributed by atoms with van der Waals surface area (Å²) in [5, 5.41) is 0. The molecule has 23 heavy (non-hydrogen) atoms. The van der Waals surface area contributed by atoms with E-state index in [0.29, 0.717) is 29.9 Å². The Hall–Kier alpha value is -0.780. The van der Waals surface area contributed by atoms with Crippen LogP contribution in [0.1, 0.15) is 57.1 Å². The second-order valence-electron chi connectivity index (χ2n) is 6.78. The Morgan fingerprint density at radius 3 is 2.78 bits per heavy atom. The zero-order valence-electron chi connectivity index (χ0n) is 13.7. The first-order valence-corrected chi connectivity index (χ1v) is 10.1. The van der Waals surface area contributed by atoms with Gasteiger partial charge >= 0.3 is 0 Å². The van der Waals surface area contributed by atoms with Crippen LogP contribution >= 0.6 is 0 Å². The number of rotatable bonds is 10. The van der Waals surface area contributed by atoms with Crippen LogP contribution < -0.4 is 9.46 Å². The van der Waals surface area contributed by atoms with Crippen LogP contribution in [-0.2, 0) is 11.4 Å². The fraction of sp³-hybridized carbons (Fsp3) is 0.667. The number of unbranched alkanes of at least 4 members (excludes halogenated alkanes) is 1. The summed E-state index contributed by atoms with van der Waals surface area (Å²) in [6, 6.07) is 5.11. The quantitative estimate of drug-likeness (QED) is 0.652. The minimum Gasteiger partial charge on any atom is -0.598 e. The van der Waals surface area contributed by atoms with Gasteiger partial charge in [0.2, 0.25) is 0 Å². The molecule has 2 atom stereocenters. The number of nitrogens with one attached hydrogen (secondary N) is 1. The standard InChI is InChI=1S/C18H26FNO2S/c1-2-3-10-23(21)20-18(14-6-7-14)15-8-9-16(19)17(11-15)22-12-13-4-5-13/h8-9,11,13-14,18,20H,2-7,10,12H2,1H3. The van der Waals surface area contributed by atoms with Gasteiger partial charge in [-0.3, -0.25) is 0 Å². The Morgan fingerprint density at radius 1 is 1.35 bits per heavy atom. The molecule has 2 aliphatic carbocycles. The Balaban J connectivity index is 1.67. The summed E-state index contributed by atoms with van der Waals surface area (Å²) in [4.78, 5) is 0. The highest BCUT2D eigenvalue weighted by Crippen LogP contribution is 2.42. The molecule has 3 rings (SSSR count). The third kappa shape index (κ3) is 5.10. The lowest BCUT2D eigenvalue weighted by molar-refractivity contribution is 0.284. The van der Waals surface area contributed by atoms with Crippen LogP contribution in [0, 0.1) is 17.7 Å². The van der Waals surface area contributed by atoms with Crippen molar-refractivity contribution in [1.29, 1.82) is 0 Å². The fourth-order valence-corrected chi connectivity index (χ4v) is 3.94. The molecule has 2 unspecified atom stereocenters. The number of ether oxygens (including phenoxy) is 1. The van der Waals surface area contributed by atoms with Crippen LogP contribution in [-0.4, -0.2) is 16.9 Å². The number of benzene rings is 1. The molecule has 0 saturated heterocycles. The molecule has 3 nitrogen and oxygen atoms in total. The van der Waals surface area contributed by atoms with E-state index in [2.05, 4.69) is 11.6 Å². The van der Waals surface area contributed by atoms with E-state index in [1.807, 2.05) is 0 Å². The SMILES string of the molecule is CCCC[S+]([O-])NC(c1ccc(F)c(OCC2CC2)c1)C1CC1. The molecule has 2 aliphatic rings.